The van der Waals surface area contributed by atoms with E-state index in [1.165, 1.54) is 28.4 Å². The van der Waals surface area contributed by atoms with Crippen LogP contribution in [0.1, 0.15) is 5.56 Å². The molecule has 0 bridgehead atoms. The Morgan fingerprint density at radius 2 is 1.68 bits per heavy atom. The Morgan fingerprint density at radius 1 is 1.00 bits per heavy atom. The molecule has 0 aliphatic heterocycles. The van der Waals surface area contributed by atoms with Gasteiger partial charge in [-0.1, -0.05) is 59.9 Å². The summed E-state index contributed by atoms with van der Waals surface area (Å²) in [6.07, 6.45) is 0. The topological polar surface area (TPSA) is 76.6 Å². The normalized spacial score (nSPS) is 11.4. The van der Waals surface area contributed by atoms with Gasteiger partial charge in [0.05, 0.1) is 28.8 Å². The number of anilines is 1. The van der Waals surface area contributed by atoms with Gasteiger partial charge >= 0.3 is 0 Å². The monoisotopic (exact) mass is 452 g/mol. The average Bonchev–Trinajstić information content (AvgIpc) is 3.21. The molecule has 0 saturated heterocycles. The smallest absolute Gasteiger partial charge is 0.244 e. The summed E-state index contributed by atoms with van der Waals surface area (Å²) in [4.78, 5) is 19.4. The number of nitrogens with zero attached hydrogens (tertiary/aromatic N) is 2. The van der Waals surface area contributed by atoms with Crippen molar-refractivity contribution in [2.45, 2.75) is 11.4 Å². The fourth-order valence-corrected chi connectivity index (χ4v) is 5.30. The molecular formula is C23H20N2O4S2. The van der Waals surface area contributed by atoms with Crippen LogP contribution in [0.15, 0.2) is 83.8 Å². The molecule has 4 rings (SSSR count). The Morgan fingerprint density at radius 3 is 2.35 bits per heavy atom. The van der Waals surface area contributed by atoms with Crippen LogP contribution in [-0.2, 0) is 21.2 Å². The summed E-state index contributed by atoms with van der Waals surface area (Å²) < 4.78 is 31.7. The lowest BCUT2D eigenvalue weighted by Crippen LogP contribution is -2.35. The van der Waals surface area contributed by atoms with Crippen LogP contribution in [0.4, 0.5) is 5.13 Å². The molecule has 8 heteroatoms. The minimum absolute atomic E-state index is 0.122. The summed E-state index contributed by atoms with van der Waals surface area (Å²) in [5.74, 6) is -0.501. The fraction of sp³-hybridized carbons (Fsp3) is 0.130. The molecule has 0 N–H and O–H groups in total. The van der Waals surface area contributed by atoms with Crippen molar-refractivity contribution in [2.24, 2.45) is 0 Å². The number of carbonyl (C=O) groups excluding carboxylic acids is 1. The number of ether oxygens (including phenoxy) is 1. The molecule has 1 aromatic heterocycles. The number of sulfone groups is 1. The maximum atomic E-state index is 13.2. The molecule has 3 aromatic carbocycles. The van der Waals surface area contributed by atoms with Gasteiger partial charge in [0.15, 0.2) is 15.0 Å². The Hall–Kier alpha value is -3.23. The van der Waals surface area contributed by atoms with Crippen LogP contribution in [0.2, 0.25) is 0 Å². The summed E-state index contributed by atoms with van der Waals surface area (Å²) in [7, 11) is -2.20. The van der Waals surface area contributed by atoms with Crippen LogP contribution in [0.5, 0.6) is 5.75 Å². The van der Waals surface area contributed by atoms with E-state index in [1.54, 1.807) is 31.4 Å². The second-order valence-corrected chi connectivity index (χ2v) is 9.87. The highest BCUT2D eigenvalue weighted by Crippen LogP contribution is 2.32. The molecule has 0 radical (unpaired) electrons. The van der Waals surface area contributed by atoms with Crippen LogP contribution >= 0.6 is 11.3 Å². The first-order valence-corrected chi connectivity index (χ1v) is 12.0. The number of aromatic nitrogens is 1. The summed E-state index contributed by atoms with van der Waals surface area (Å²) in [6.45, 7) is 0.223. The third kappa shape index (κ3) is 4.76. The van der Waals surface area contributed by atoms with E-state index in [-0.39, 0.29) is 11.4 Å². The Bertz CT molecular complexity index is 1300. The van der Waals surface area contributed by atoms with Crippen LogP contribution in [-0.4, -0.2) is 32.2 Å². The predicted octanol–water partition coefficient (Wildman–Crippen LogP) is 4.31. The van der Waals surface area contributed by atoms with Crippen molar-refractivity contribution in [3.8, 4) is 5.75 Å². The van der Waals surface area contributed by atoms with Gasteiger partial charge in [0, 0.05) is 6.07 Å². The zero-order valence-corrected chi connectivity index (χ0v) is 18.4. The number of hydrogen-bond acceptors (Lipinski definition) is 6. The third-order valence-electron chi connectivity index (χ3n) is 4.71. The summed E-state index contributed by atoms with van der Waals surface area (Å²) in [5, 5.41) is 0.445. The third-order valence-corrected chi connectivity index (χ3v) is 7.39. The van der Waals surface area contributed by atoms with E-state index in [9.17, 15) is 13.2 Å². The van der Waals surface area contributed by atoms with Crippen molar-refractivity contribution < 1.29 is 17.9 Å². The van der Waals surface area contributed by atoms with E-state index >= 15 is 0 Å². The predicted molar refractivity (Wildman–Crippen MR) is 122 cm³/mol. The van der Waals surface area contributed by atoms with Crippen molar-refractivity contribution in [3.05, 3.63) is 84.4 Å². The Balaban J connectivity index is 1.70. The van der Waals surface area contributed by atoms with Crippen LogP contribution in [0, 0.1) is 0 Å². The molecule has 0 aliphatic carbocycles. The van der Waals surface area contributed by atoms with Gasteiger partial charge in [-0.2, -0.15) is 0 Å². The lowest BCUT2D eigenvalue weighted by Gasteiger charge is -2.20. The molecule has 6 nitrogen and oxygen atoms in total. The molecule has 0 saturated carbocycles. The van der Waals surface area contributed by atoms with Gasteiger partial charge in [0.1, 0.15) is 11.5 Å². The van der Waals surface area contributed by atoms with Crippen molar-refractivity contribution in [1.82, 2.24) is 4.98 Å². The minimum Gasteiger partial charge on any atom is -0.497 e. The molecule has 158 valence electrons. The molecule has 1 amide bonds. The summed E-state index contributed by atoms with van der Waals surface area (Å²) in [6, 6.07) is 22.9. The molecule has 0 atom stereocenters. The molecule has 0 fully saturated rings. The highest BCUT2D eigenvalue weighted by molar-refractivity contribution is 7.92. The Labute approximate surface area is 184 Å². The lowest BCUT2D eigenvalue weighted by atomic mass is 10.2. The van der Waals surface area contributed by atoms with Gasteiger partial charge < -0.3 is 4.74 Å². The van der Waals surface area contributed by atoms with Crippen molar-refractivity contribution in [3.63, 3.8) is 0 Å². The number of carbonyl (C=O) groups is 1. The van der Waals surface area contributed by atoms with Gasteiger partial charge in [-0.15, -0.1) is 0 Å². The van der Waals surface area contributed by atoms with Gasteiger partial charge in [-0.3, -0.25) is 9.69 Å². The van der Waals surface area contributed by atoms with E-state index in [4.69, 9.17) is 4.74 Å². The van der Waals surface area contributed by atoms with Crippen LogP contribution in [0.25, 0.3) is 10.2 Å². The number of methoxy groups -OCH3 is 1. The number of hydrogen-bond donors (Lipinski definition) is 0. The average molecular weight is 453 g/mol. The minimum atomic E-state index is -3.78. The second kappa shape index (κ2) is 8.87. The maximum Gasteiger partial charge on any atom is 0.244 e. The van der Waals surface area contributed by atoms with Crippen molar-refractivity contribution in [2.75, 3.05) is 17.8 Å². The van der Waals surface area contributed by atoms with Gasteiger partial charge in [0.25, 0.3) is 0 Å². The van der Waals surface area contributed by atoms with Crippen molar-refractivity contribution in [1.29, 1.82) is 0 Å². The SMILES string of the molecule is COc1ccc2sc(N(Cc3ccccc3)C(=O)CS(=O)(=O)c3ccccc3)nc2c1. The highest BCUT2D eigenvalue weighted by Gasteiger charge is 2.26. The van der Waals surface area contributed by atoms with Crippen LogP contribution < -0.4 is 9.64 Å². The van der Waals surface area contributed by atoms with Crippen molar-refractivity contribution >= 4 is 42.4 Å². The number of amides is 1. The molecular weight excluding hydrogens is 432 g/mol. The Kier molecular flexibility index (Phi) is 6.01. The van der Waals surface area contributed by atoms with E-state index < -0.39 is 21.5 Å². The number of fused-ring (bicyclic) bond motifs is 1. The van der Waals surface area contributed by atoms with E-state index in [2.05, 4.69) is 4.98 Å². The summed E-state index contributed by atoms with van der Waals surface area (Å²) in [5.41, 5.74) is 1.57. The standard InChI is InChI=1S/C23H20N2O4S2/c1-29-18-12-13-21-20(14-18)24-23(30-21)25(15-17-8-4-2-5-9-17)22(26)16-31(27,28)19-10-6-3-7-11-19/h2-14H,15-16H2,1H3. The zero-order chi connectivity index (χ0) is 21.8. The number of thiazole rings is 1. The first kappa shape index (κ1) is 21.0. The summed E-state index contributed by atoms with van der Waals surface area (Å²) >= 11 is 1.34. The highest BCUT2D eigenvalue weighted by atomic mass is 32.2. The molecule has 4 aromatic rings. The van der Waals surface area contributed by atoms with E-state index in [0.717, 1.165) is 10.3 Å². The fourth-order valence-electron chi connectivity index (χ4n) is 3.12. The lowest BCUT2D eigenvalue weighted by molar-refractivity contribution is -0.116. The largest absolute Gasteiger partial charge is 0.497 e. The number of benzene rings is 3. The van der Waals surface area contributed by atoms with Gasteiger partial charge in [0.2, 0.25) is 5.91 Å². The second-order valence-electron chi connectivity index (χ2n) is 6.87. The molecule has 1 heterocycles. The first-order chi connectivity index (χ1) is 15.0. The maximum absolute atomic E-state index is 13.2. The zero-order valence-electron chi connectivity index (χ0n) is 16.8. The molecule has 31 heavy (non-hydrogen) atoms. The quantitative estimate of drug-likeness (QED) is 0.418. The van der Waals surface area contributed by atoms with Crippen LogP contribution in [0.3, 0.4) is 0 Å². The number of rotatable bonds is 7. The first-order valence-electron chi connectivity index (χ1n) is 9.53. The van der Waals surface area contributed by atoms with E-state index in [0.29, 0.717) is 16.4 Å². The van der Waals surface area contributed by atoms with E-state index in [1.807, 2.05) is 42.5 Å². The van der Waals surface area contributed by atoms with Gasteiger partial charge in [-0.05, 0) is 29.8 Å². The van der Waals surface area contributed by atoms with Gasteiger partial charge in [-0.25, -0.2) is 13.4 Å². The molecule has 0 aliphatic rings. The molecule has 0 unspecified atom stereocenters. The molecule has 0 spiro atoms.